The molecule has 0 bridgehead atoms. The first kappa shape index (κ1) is 20.4. The van der Waals surface area contributed by atoms with Crippen molar-refractivity contribution in [2.45, 2.75) is 56.0 Å². The lowest BCUT2D eigenvalue weighted by molar-refractivity contribution is -0.120. The third-order valence-corrected chi connectivity index (χ3v) is 6.03. The van der Waals surface area contributed by atoms with Crippen molar-refractivity contribution in [3.63, 3.8) is 0 Å². The molecule has 148 valence electrons. The van der Waals surface area contributed by atoms with Crippen molar-refractivity contribution >= 4 is 28.6 Å². The van der Waals surface area contributed by atoms with E-state index in [9.17, 15) is 9.59 Å². The molecule has 0 unspecified atom stereocenters. The standard InChI is InChI=1S/C22H27N3O2S/c1-3-14-23-20(26)16(2)28-22-24-19-12-8-7-11-18(19)21(27)25(22)15-13-17-9-5-4-6-10-17/h3,7-9,11-12,16H,1,4-6,10,13-15H2,2H3,(H,23,26)/t16-/m0/s1. The molecule has 0 spiro atoms. The quantitative estimate of drug-likeness (QED) is 0.414. The van der Waals surface area contributed by atoms with Crippen LogP contribution in [0.15, 0.2) is 58.5 Å². The Labute approximate surface area is 169 Å². The van der Waals surface area contributed by atoms with E-state index in [4.69, 9.17) is 4.98 Å². The molecule has 1 aliphatic rings. The van der Waals surface area contributed by atoms with Gasteiger partial charge in [0.05, 0.1) is 16.2 Å². The van der Waals surface area contributed by atoms with Gasteiger partial charge in [-0.2, -0.15) is 0 Å². The first-order valence-electron chi connectivity index (χ1n) is 9.83. The molecule has 1 atom stereocenters. The Bertz CT molecular complexity index is 948. The minimum Gasteiger partial charge on any atom is -0.352 e. The number of carbonyl (C=O) groups excluding carboxylic acids is 1. The highest BCUT2D eigenvalue weighted by Crippen LogP contribution is 2.25. The van der Waals surface area contributed by atoms with E-state index in [0.29, 0.717) is 29.1 Å². The van der Waals surface area contributed by atoms with Gasteiger partial charge in [-0.25, -0.2) is 4.98 Å². The van der Waals surface area contributed by atoms with Crippen LogP contribution < -0.4 is 10.9 Å². The molecule has 1 N–H and O–H groups in total. The summed E-state index contributed by atoms with van der Waals surface area (Å²) in [5, 5.41) is 3.67. The number of aromatic nitrogens is 2. The number of nitrogens with zero attached hydrogens (tertiary/aromatic N) is 2. The number of nitrogens with one attached hydrogen (secondary N) is 1. The Morgan fingerprint density at radius 2 is 2.21 bits per heavy atom. The molecule has 1 aliphatic carbocycles. The summed E-state index contributed by atoms with van der Waals surface area (Å²) in [5.41, 5.74) is 2.05. The van der Waals surface area contributed by atoms with Crippen molar-refractivity contribution in [3.05, 3.63) is 58.9 Å². The molecular formula is C22H27N3O2S. The number of amides is 1. The third-order valence-electron chi connectivity index (χ3n) is 4.94. The predicted octanol–water partition coefficient (Wildman–Crippen LogP) is 4.07. The lowest BCUT2D eigenvalue weighted by Gasteiger charge is -2.18. The highest BCUT2D eigenvalue weighted by molar-refractivity contribution is 8.00. The van der Waals surface area contributed by atoms with Crippen LogP contribution in [0.4, 0.5) is 0 Å². The number of rotatable bonds is 8. The van der Waals surface area contributed by atoms with Crippen LogP contribution in [0.2, 0.25) is 0 Å². The first-order valence-corrected chi connectivity index (χ1v) is 10.7. The number of hydrogen-bond acceptors (Lipinski definition) is 4. The SMILES string of the molecule is C=CCNC(=O)[C@H](C)Sc1nc2ccccc2c(=O)n1CCC1=CCCCC1. The summed E-state index contributed by atoms with van der Waals surface area (Å²) in [6, 6.07) is 7.39. The zero-order valence-corrected chi connectivity index (χ0v) is 17.1. The zero-order valence-electron chi connectivity index (χ0n) is 16.3. The van der Waals surface area contributed by atoms with Crippen molar-refractivity contribution in [3.8, 4) is 0 Å². The Hall–Kier alpha value is -2.34. The molecule has 1 amide bonds. The number of para-hydroxylation sites is 1. The Morgan fingerprint density at radius 3 is 2.96 bits per heavy atom. The fraction of sp³-hybridized carbons (Fsp3) is 0.409. The minimum atomic E-state index is -0.354. The molecular weight excluding hydrogens is 370 g/mol. The van der Waals surface area contributed by atoms with Gasteiger partial charge in [0.15, 0.2) is 5.16 Å². The number of thioether (sulfide) groups is 1. The van der Waals surface area contributed by atoms with Gasteiger partial charge in [0, 0.05) is 13.1 Å². The largest absolute Gasteiger partial charge is 0.352 e. The monoisotopic (exact) mass is 397 g/mol. The number of allylic oxidation sites excluding steroid dienone is 2. The topological polar surface area (TPSA) is 64.0 Å². The van der Waals surface area contributed by atoms with Crippen molar-refractivity contribution in [1.29, 1.82) is 0 Å². The van der Waals surface area contributed by atoms with Crippen molar-refractivity contribution in [1.82, 2.24) is 14.9 Å². The summed E-state index contributed by atoms with van der Waals surface area (Å²) in [6.07, 6.45) is 9.52. The molecule has 0 saturated heterocycles. The van der Waals surface area contributed by atoms with E-state index in [2.05, 4.69) is 18.0 Å². The smallest absolute Gasteiger partial charge is 0.262 e. The van der Waals surface area contributed by atoms with Crippen molar-refractivity contribution in [2.24, 2.45) is 0 Å². The number of fused-ring (bicyclic) bond motifs is 1. The van der Waals surface area contributed by atoms with Crippen LogP contribution in [0.25, 0.3) is 10.9 Å². The van der Waals surface area contributed by atoms with E-state index >= 15 is 0 Å². The first-order chi connectivity index (χ1) is 13.6. The molecule has 2 aromatic rings. The molecule has 28 heavy (non-hydrogen) atoms. The normalized spacial score (nSPS) is 15.1. The minimum absolute atomic E-state index is 0.0387. The van der Waals surface area contributed by atoms with Gasteiger partial charge in [-0.3, -0.25) is 14.2 Å². The van der Waals surface area contributed by atoms with Crippen LogP contribution >= 0.6 is 11.8 Å². The molecule has 0 fully saturated rings. The Kier molecular flexibility index (Phi) is 7.09. The Balaban J connectivity index is 1.89. The predicted molar refractivity (Wildman–Crippen MR) is 116 cm³/mol. The van der Waals surface area contributed by atoms with Gasteiger partial charge >= 0.3 is 0 Å². The van der Waals surface area contributed by atoms with Gasteiger partial charge < -0.3 is 5.32 Å². The summed E-state index contributed by atoms with van der Waals surface area (Å²) in [5.74, 6) is -0.0890. The van der Waals surface area contributed by atoms with Gasteiger partial charge in [0.1, 0.15) is 0 Å². The zero-order chi connectivity index (χ0) is 19.9. The van der Waals surface area contributed by atoms with E-state index in [1.54, 1.807) is 10.6 Å². The fourth-order valence-electron chi connectivity index (χ4n) is 3.35. The van der Waals surface area contributed by atoms with Gasteiger partial charge in [-0.15, -0.1) is 6.58 Å². The van der Waals surface area contributed by atoms with Gasteiger partial charge in [-0.05, 0) is 51.2 Å². The van der Waals surface area contributed by atoms with Crippen LogP contribution in [-0.4, -0.2) is 27.3 Å². The number of hydrogen-bond donors (Lipinski definition) is 1. The summed E-state index contributed by atoms with van der Waals surface area (Å²) in [7, 11) is 0. The Morgan fingerprint density at radius 1 is 1.39 bits per heavy atom. The molecule has 5 nitrogen and oxygen atoms in total. The highest BCUT2D eigenvalue weighted by Gasteiger charge is 2.19. The maximum absolute atomic E-state index is 13.1. The number of benzene rings is 1. The van der Waals surface area contributed by atoms with E-state index < -0.39 is 0 Å². The molecule has 0 aliphatic heterocycles. The molecule has 1 aromatic heterocycles. The molecule has 0 radical (unpaired) electrons. The van der Waals surface area contributed by atoms with E-state index in [1.165, 1.54) is 30.2 Å². The van der Waals surface area contributed by atoms with E-state index in [-0.39, 0.29) is 16.7 Å². The van der Waals surface area contributed by atoms with Crippen molar-refractivity contribution in [2.75, 3.05) is 6.54 Å². The fourth-order valence-corrected chi connectivity index (χ4v) is 4.31. The van der Waals surface area contributed by atoms with Crippen LogP contribution in [-0.2, 0) is 11.3 Å². The van der Waals surface area contributed by atoms with Crippen LogP contribution in [0.1, 0.15) is 39.0 Å². The van der Waals surface area contributed by atoms with E-state index in [0.717, 1.165) is 19.3 Å². The van der Waals surface area contributed by atoms with Gasteiger partial charge in [0.2, 0.25) is 5.91 Å². The molecule has 0 saturated carbocycles. The summed E-state index contributed by atoms with van der Waals surface area (Å²) < 4.78 is 1.74. The average molecular weight is 398 g/mol. The van der Waals surface area contributed by atoms with Crippen LogP contribution in [0, 0.1) is 0 Å². The second kappa shape index (κ2) is 9.73. The van der Waals surface area contributed by atoms with Gasteiger partial charge in [-0.1, -0.05) is 41.6 Å². The molecule has 1 heterocycles. The average Bonchev–Trinajstić information content (AvgIpc) is 2.72. The summed E-state index contributed by atoms with van der Waals surface area (Å²) in [4.78, 5) is 30.1. The highest BCUT2D eigenvalue weighted by atomic mass is 32.2. The third kappa shape index (κ3) is 4.93. The molecule has 1 aromatic carbocycles. The maximum Gasteiger partial charge on any atom is 0.262 e. The molecule has 3 rings (SSSR count). The second-order valence-corrected chi connectivity index (χ2v) is 8.33. The van der Waals surface area contributed by atoms with Crippen LogP contribution in [0.5, 0.6) is 0 Å². The summed E-state index contributed by atoms with van der Waals surface area (Å²) in [6.45, 7) is 6.47. The lowest BCUT2D eigenvalue weighted by Crippen LogP contribution is -2.32. The second-order valence-electron chi connectivity index (χ2n) is 7.02. The van der Waals surface area contributed by atoms with Gasteiger partial charge in [0.25, 0.3) is 5.56 Å². The number of carbonyl (C=O) groups is 1. The lowest BCUT2D eigenvalue weighted by atomic mass is 9.97. The van der Waals surface area contributed by atoms with E-state index in [1.807, 2.05) is 31.2 Å². The molecule has 6 heteroatoms. The summed E-state index contributed by atoms with van der Waals surface area (Å²) >= 11 is 1.33. The van der Waals surface area contributed by atoms with Crippen molar-refractivity contribution < 1.29 is 4.79 Å². The van der Waals surface area contributed by atoms with Crippen LogP contribution in [0.3, 0.4) is 0 Å². The maximum atomic E-state index is 13.1.